The molecule has 4 N–H and O–H groups in total. The minimum Gasteiger partial charge on any atom is -0.274 e. The number of pyridine rings is 1. The maximum atomic E-state index is 4.49. The van der Waals surface area contributed by atoms with Gasteiger partial charge in [-0.15, -0.1) is 0 Å². The Balaban J connectivity index is 0.000000461. The van der Waals surface area contributed by atoms with Crippen LogP contribution in [0.1, 0.15) is 12.6 Å². The first-order valence-electron chi connectivity index (χ1n) is 4.58. The van der Waals surface area contributed by atoms with E-state index in [-0.39, 0.29) is 0 Å². The van der Waals surface area contributed by atoms with E-state index in [1.807, 2.05) is 12.1 Å². The molecule has 0 atom stereocenters. The molecule has 1 heterocycles. The van der Waals surface area contributed by atoms with E-state index >= 15 is 0 Å². The SMILES string of the molecule is CCc1ccc2ccccc2n1.NN. The number of rotatable bonds is 1. The van der Waals surface area contributed by atoms with Gasteiger partial charge in [-0.2, -0.15) is 0 Å². The van der Waals surface area contributed by atoms with Crippen LogP contribution >= 0.6 is 0 Å². The lowest BCUT2D eigenvalue weighted by Crippen LogP contribution is -2.02. The van der Waals surface area contributed by atoms with Crippen molar-refractivity contribution in [1.29, 1.82) is 0 Å². The van der Waals surface area contributed by atoms with Gasteiger partial charge in [0.05, 0.1) is 5.52 Å². The first kappa shape index (κ1) is 10.6. The van der Waals surface area contributed by atoms with Gasteiger partial charge in [0.15, 0.2) is 0 Å². The van der Waals surface area contributed by atoms with E-state index in [2.05, 4.69) is 47.9 Å². The van der Waals surface area contributed by atoms with E-state index in [1.165, 1.54) is 5.39 Å². The van der Waals surface area contributed by atoms with Crippen LogP contribution in [0.15, 0.2) is 36.4 Å². The van der Waals surface area contributed by atoms with Crippen LogP contribution in [0.25, 0.3) is 10.9 Å². The summed E-state index contributed by atoms with van der Waals surface area (Å²) >= 11 is 0. The molecule has 2 aromatic rings. The highest BCUT2D eigenvalue weighted by Gasteiger charge is 1.93. The molecule has 0 aliphatic heterocycles. The number of para-hydroxylation sites is 1. The molecule has 1 aromatic heterocycles. The average Bonchev–Trinajstić information content (AvgIpc) is 2.31. The van der Waals surface area contributed by atoms with Gasteiger partial charge in [-0.05, 0) is 18.6 Å². The molecule has 0 saturated carbocycles. The second-order valence-corrected chi connectivity index (χ2v) is 2.85. The normalized spacial score (nSPS) is 9.36. The summed E-state index contributed by atoms with van der Waals surface area (Å²) in [5.74, 6) is 8.00. The molecule has 0 fully saturated rings. The molecule has 1 aromatic carbocycles. The lowest BCUT2D eigenvalue weighted by atomic mass is 10.2. The fraction of sp³-hybridized carbons (Fsp3) is 0.182. The molecule has 0 saturated heterocycles. The van der Waals surface area contributed by atoms with Crippen molar-refractivity contribution in [2.24, 2.45) is 11.7 Å². The van der Waals surface area contributed by atoms with Crippen molar-refractivity contribution >= 4 is 10.9 Å². The van der Waals surface area contributed by atoms with E-state index in [4.69, 9.17) is 0 Å². The molecule has 0 bridgehead atoms. The molecular weight excluding hydrogens is 174 g/mol. The Hall–Kier alpha value is -1.45. The molecule has 0 unspecified atom stereocenters. The molecule has 14 heavy (non-hydrogen) atoms. The van der Waals surface area contributed by atoms with Crippen LogP contribution in [0.4, 0.5) is 0 Å². The van der Waals surface area contributed by atoms with Crippen molar-refractivity contribution in [3.8, 4) is 0 Å². The third kappa shape index (κ3) is 2.28. The number of nitrogens with zero attached hydrogens (tertiary/aromatic N) is 1. The second-order valence-electron chi connectivity index (χ2n) is 2.85. The van der Waals surface area contributed by atoms with Crippen LogP contribution in [0.2, 0.25) is 0 Å². The number of aromatic nitrogens is 1. The number of benzene rings is 1. The van der Waals surface area contributed by atoms with Crippen molar-refractivity contribution in [3.63, 3.8) is 0 Å². The maximum Gasteiger partial charge on any atom is 0.0705 e. The van der Waals surface area contributed by atoms with Gasteiger partial charge in [-0.3, -0.25) is 16.7 Å². The molecular formula is C11H15N3. The zero-order valence-electron chi connectivity index (χ0n) is 8.27. The smallest absolute Gasteiger partial charge is 0.0705 e. The molecule has 3 nitrogen and oxygen atoms in total. The fourth-order valence-electron chi connectivity index (χ4n) is 1.31. The van der Waals surface area contributed by atoms with Gasteiger partial charge >= 0.3 is 0 Å². The Morgan fingerprint density at radius 3 is 2.50 bits per heavy atom. The van der Waals surface area contributed by atoms with Gasteiger partial charge in [0.2, 0.25) is 0 Å². The highest BCUT2D eigenvalue weighted by molar-refractivity contribution is 5.78. The van der Waals surface area contributed by atoms with Crippen LogP contribution in [0.5, 0.6) is 0 Å². The molecule has 0 aliphatic rings. The third-order valence-electron chi connectivity index (χ3n) is 2.02. The first-order valence-corrected chi connectivity index (χ1v) is 4.58. The van der Waals surface area contributed by atoms with Crippen LogP contribution < -0.4 is 11.7 Å². The lowest BCUT2D eigenvalue weighted by Gasteiger charge is -1.98. The zero-order valence-corrected chi connectivity index (χ0v) is 8.27. The van der Waals surface area contributed by atoms with Gasteiger partial charge in [-0.1, -0.05) is 31.2 Å². The van der Waals surface area contributed by atoms with Gasteiger partial charge in [-0.25, -0.2) is 0 Å². The van der Waals surface area contributed by atoms with Crippen molar-refractivity contribution in [1.82, 2.24) is 4.98 Å². The van der Waals surface area contributed by atoms with Crippen LogP contribution in [-0.4, -0.2) is 4.98 Å². The summed E-state index contributed by atoms with van der Waals surface area (Å²) in [4.78, 5) is 4.49. The predicted molar refractivity (Wildman–Crippen MR) is 59.5 cm³/mol. The summed E-state index contributed by atoms with van der Waals surface area (Å²) in [7, 11) is 0. The quantitative estimate of drug-likeness (QED) is 0.529. The Kier molecular flexibility index (Phi) is 4.04. The minimum atomic E-state index is 1.00. The van der Waals surface area contributed by atoms with E-state index in [0.29, 0.717) is 0 Å². The largest absolute Gasteiger partial charge is 0.274 e. The molecule has 0 spiro atoms. The Labute approximate surface area is 83.7 Å². The van der Waals surface area contributed by atoms with Crippen molar-refractivity contribution < 1.29 is 0 Å². The Morgan fingerprint density at radius 2 is 1.79 bits per heavy atom. The minimum absolute atomic E-state index is 1.00. The Bertz CT molecular complexity index is 398. The third-order valence-corrected chi connectivity index (χ3v) is 2.02. The van der Waals surface area contributed by atoms with Crippen molar-refractivity contribution in [3.05, 3.63) is 42.1 Å². The fourth-order valence-corrected chi connectivity index (χ4v) is 1.31. The maximum absolute atomic E-state index is 4.49. The van der Waals surface area contributed by atoms with Crippen molar-refractivity contribution in [2.75, 3.05) is 0 Å². The average molecular weight is 189 g/mol. The number of nitrogens with two attached hydrogens (primary N) is 2. The molecule has 2 rings (SSSR count). The summed E-state index contributed by atoms with van der Waals surface area (Å²) in [6.07, 6.45) is 1.00. The lowest BCUT2D eigenvalue weighted by molar-refractivity contribution is 1.06. The number of hydrazine groups is 1. The monoisotopic (exact) mass is 189 g/mol. The predicted octanol–water partition coefficient (Wildman–Crippen LogP) is 1.62. The van der Waals surface area contributed by atoms with Crippen LogP contribution in [0.3, 0.4) is 0 Å². The van der Waals surface area contributed by atoms with Gasteiger partial charge in [0, 0.05) is 11.1 Å². The van der Waals surface area contributed by atoms with E-state index in [1.54, 1.807) is 0 Å². The number of aryl methyl sites for hydroxylation is 1. The molecule has 0 radical (unpaired) electrons. The standard InChI is InChI=1S/C11H11N.H4N2/c1-2-10-8-7-9-5-3-4-6-11(9)12-10;1-2/h3-8H,2H2,1H3;1-2H2. The zero-order chi connectivity index (χ0) is 10.4. The summed E-state index contributed by atoms with van der Waals surface area (Å²) in [5, 5.41) is 1.22. The highest BCUT2D eigenvalue weighted by Crippen LogP contribution is 2.11. The first-order chi connectivity index (χ1) is 6.90. The molecule has 0 aliphatic carbocycles. The highest BCUT2D eigenvalue weighted by atomic mass is 15.0. The number of hydrogen-bond acceptors (Lipinski definition) is 3. The van der Waals surface area contributed by atoms with Gasteiger partial charge < -0.3 is 0 Å². The molecule has 74 valence electrons. The number of fused-ring (bicyclic) bond motifs is 1. The summed E-state index contributed by atoms with van der Waals surface area (Å²) in [6, 6.07) is 12.4. The topological polar surface area (TPSA) is 64.9 Å². The Morgan fingerprint density at radius 1 is 1.07 bits per heavy atom. The van der Waals surface area contributed by atoms with E-state index in [0.717, 1.165) is 17.6 Å². The molecule has 3 heteroatoms. The summed E-state index contributed by atoms with van der Waals surface area (Å²) in [6.45, 7) is 2.12. The van der Waals surface area contributed by atoms with Crippen LogP contribution in [0, 0.1) is 0 Å². The second kappa shape index (κ2) is 5.32. The van der Waals surface area contributed by atoms with Crippen LogP contribution in [-0.2, 0) is 6.42 Å². The van der Waals surface area contributed by atoms with E-state index in [9.17, 15) is 0 Å². The summed E-state index contributed by atoms with van der Waals surface area (Å²) in [5.41, 5.74) is 2.26. The summed E-state index contributed by atoms with van der Waals surface area (Å²) < 4.78 is 0. The van der Waals surface area contributed by atoms with Gasteiger partial charge in [0.1, 0.15) is 0 Å². The molecule has 0 amide bonds. The van der Waals surface area contributed by atoms with E-state index < -0.39 is 0 Å². The van der Waals surface area contributed by atoms with Gasteiger partial charge in [0.25, 0.3) is 0 Å². The number of hydrogen-bond donors (Lipinski definition) is 2. The van der Waals surface area contributed by atoms with Crippen molar-refractivity contribution in [2.45, 2.75) is 13.3 Å².